The van der Waals surface area contributed by atoms with Crippen LogP contribution in [0.3, 0.4) is 0 Å². The van der Waals surface area contributed by atoms with E-state index in [4.69, 9.17) is 11.6 Å². The molecule has 2 unspecified atom stereocenters. The Labute approximate surface area is 251 Å². The minimum atomic E-state index is -0.584. The summed E-state index contributed by atoms with van der Waals surface area (Å²) in [6.45, 7) is 2.36. The molecule has 7 heteroatoms. The maximum Gasteiger partial charge on any atom is 0.227 e. The Morgan fingerprint density at radius 1 is 0.976 bits per heavy atom. The van der Waals surface area contributed by atoms with Gasteiger partial charge in [0, 0.05) is 47.5 Å². The lowest BCUT2D eigenvalue weighted by Crippen LogP contribution is -2.42. The van der Waals surface area contributed by atoms with E-state index in [1.165, 1.54) is 0 Å². The first-order valence-corrected chi connectivity index (χ1v) is 14.8. The normalized spacial score (nSPS) is 15.4. The number of carbonyl (C=O) groups is 3. The molecule has 3 aromatic carbocycles. The van der Waals surface area contributed by atoms with Crippen LogP contribution in [0.1, 0.15) is 60.1 Å². The van der Waals surface area contributed by atoms with Crippen LogP contribution >= 0.6 is 11.6 Å². The van der Waals surface area contributed by atoms with Crippen molar-refractivity contribution in [1.29, 1.82) is 0 Å². The maximum absolute atomic E-state index is 14.3. The molecule has 1 aromatic heterocycles. The van der Waals surface area contributed by atoms with Crippen molar-refractivity contribution in [3.8, 4) is 0 Å². The number of pyridine rings is 1. The third-order valence-corrected chi connectivity index (χ3v) is 7.91. The smallest absolute Gasteiger partial charge is 0.227 e. The van der Waals surface area contributed by atoms with Crippen molar-refractivity contribution in [3.05, 3.63) is 119 Å². The van der Waals surface area contributed by atoms with Gasteiger partial charge in [0.25, 0.3) is 0 Å². The van der Waals surface area contributed by atoms with E-state index in [9.17, 15) is 14.4 Å². The number of hydrogen-bond donors (Lipinski definition) is 1. The number of ketones is 1. The van der Waals surface area contributed by atoms with E-state index < -0.39 is 5.92 Å². The molecule has 0 bridgehead atoms. The second-order valence-electron chi connectivity index (χ2n) is 10.7. The van der Waals surface area contributed by atoms with Gasteiger partial charge in [-0.05, 0) is 49.1 Å². The van der Waals surface area contributed by atoms with Crippen LogP contribution < -0.4 is 5.32 Å². The molecule has 1 N–H and O–H groups in total. The van der Waals surface area contributed by atoms with Gasteiger partial charge in [-0.2, -0.15) is 0 Å². The van der Waals surface area contributed by atoms with Crippen molar-refractivity contribution >= 4 is 45.8 Å². The van der Waals surface area contributed by atoms with Gasteiger partial charge in [0.05, 0.1) is 11.6 Å². The number of fused-ring (bicyclic) bond motifs is 1. The van der Waals surface area contributed by atoms with Gasteiger partial charge in [0.1, 0.15) is 5.15 Å². The summed E-state index contributed by atoms with van der Waals surface area (Å²) in [6, 6.07) is 26.2. The fourth-order valence-corrected chi connectivity index (χ4v) is 5.76. The number of aromatic nitrogens is 1. The summed E-state index contributed by atoms with van der Waals surface area (Å²) in [7, 11) is 0. The van der Waals surface area contributed by atoms with Crippen LogP contribution in [0.4, 0.5) is 5.69 Å². The first-order chi connectivity index (χ1) is 20.4. The fourth-order valence-electron chi connectivity index (χ4n) is 5.49. The molecule has 2 heterocycles. The second kappa shape index (κ2) is 13.6. The fraction of sp³-hybridized carbons (Fsp3) is 0.257. The Morgan fingerprint density at radius 3 is 2.57 bits per heavy atom. The van der Waals surface area contributed by atoms with Gasteiger partial charge in [0.15, 0.2) is 5.78 Å². The number of amides is 2. The summed E-state index contributed by atoms with van der Waals surface area (Å²) in [4.78, 5) is 46.5. The minimum Gasteiger partial charge on any atom is -0.331 e. The van der Waals surface area contributed by atoms with E-state index in [1.807, 2.05) is 78.6 Å². The zero-order valence-corrected chi connectivity index (χ0v) is 24.4. The Balaban J connectivity index is 1.43. The van der Waals surface area contributed by atoms with Gasteiger partial charge in [-0.25, -0.2) is 4.98 Å². The molecule has 1 aliphatic rings. The van der Waals surface area contributed by atoms with Gasteiger partial charge in [-0.1, -0.05) is 91.3 Å². The van der Waals surface area contributed by atoms with Crippen LogP contribution in [0, 0.1) is 5.92 Å². The summed E-state index contributed by atoms with van der Waals surface area (Å²) in [5, 5.41) is 4.19. The molecule has 2 atom stereocenters. The number of anilines is 1. The molecule has 0 aliphatic carbocycles. The zero-order valence-electron chi connectivity index (χ0n) is 23.6. The van der Waals surface area contributed by atoms with Gasteiger partial charge in [0.2, 0.25) is 11.8 Å². The lowest BCUT2D eigenvalue weighted by atomic mass is 9.89. The van der Waals surface area contributed by atoms with Crippen molar-refractivity contribution < 1.29 is 14.4 Å². The second-order valence-corrected chi connectivity index (χ2v) is 11.0. The molecule has 0 saturated carbocycles. The zero-order chi connectivity index (χ0) is 29.5. The van der Waals surface area contributed by atoms with Crippen LogP contribution in [-0.2, 0) is 16.0 Å². The average Bonchev–Trinajstić information content (AvgIpc) is 3.01. The molecule has 42 heavy (non-hydrogen) atoms. The van der Waals surface area contributed by atoms with E-state index in [2.05, 4.69) is 16.4 Å². The van der Waals surface area contributed by atoms with Gasteiger partial charge in [-0.15, -0.1) is 0 Å². The number of Topliss-reactive ketones (excluding diaryl/α,β-unsaturated/α-hetero) is 1. The van der Waals surface area contributed by atoms with Crippen molar-refractivity contribution in [2.45, 2.75) is 45.1 Å². The van der Waals surface area contributed by atoms with E-state index in [0.717, 1.165) is 28.5 Å². The SMILES string of the molecule is CCCC(=O)Nc1cccc(C(=O)CC(Cc2ccccc2)C(=O)N2CC=CCC2c2cc3ccccc3nc2Cl)c1. The van der Waals surface area contributed by atoms with Gasteiger partial charge < -0.3 is 10.2 Å². The third kappa shape index (κ3) is 6.94. The lowest BCUT2D eigenvalue weighted by molar-refractivity contribution is -0.137. The molecule has 0 fully saturated rings. The molecule has 5 rings (SSSR count). The molecular formula is C35H34ClN3O3. The highest BCUT2D eigenvalue weighted by molar-refractivity contribution is 6.30. The van der Waals surface area contributed by atoms with E-state index in [1.54, 1.807) is 24.3 Å². The van der Waals surface area contributed by atoms with Crippen LogP contribution in [0.2, 0.25) is 5.15 Å². The summed E-state index contributed by atoms with van der Waals surface area (Å²) >= 11 is 6.69. The molecule has 2 amide bonds. The number of rotatable bonds is 10. The highest BCUT2D eigenvalue weighted by atomic mass is 35.5. The number of para-hydroxylation sites is 1. The molecule has 1 aliphatic heterocycles. The Bertz CT molecular complexity index is 1620. The lowest BCUT2D eigenvalue weighted by Gasteiger charge is -2.36. The van der Waals surface area contributed by atoms with Crippen molar-refractivity contribution in [1.82, 2.24) is 9.88 Å². The number of carbonyl (C=O) groups excluding carboxylic acids is 3. The predicted octanol–water partition coefficient (Wildman–Crippen LogP) is 7.59. The van der Waals surface area contributed by atoms with Crippen molar-refractivity contribution in [2.75, 3.05) is 11.9 Å². The number of hydrogen-bond acceptors (Lipinski definition) is 4. The van der Waals surface area contributed by atoms with Crippen LogP contribution in [-0.4, -0.2) is 34.0 Å². The monoisotopic (exact) mass is 579 g/mol. The number of nitrogens with one attached hydrogen (secondary N) is 1. The average molecular weight is 580 g/mol. The van der Waals surface area contributed by atoms with E-state index >= 15 is 0 Å². The predicted molar refractivity (Wildman–Crippen MR) is 168 cm³/mol. The van der Waals surface area contributed by atoms with E-state index in [-0.39, 0.29) is 30.1 Å². The van der Waals surface area contributed by atoms with Crippen LogP contribution in [0.25, 0.3) is 10.9 Å². The molecule has 0 saturated heterocycles. The van der Waals surface area contributed by atoms with E-state index in [0.29, 0.717) is 42.2 Å². The molecule has 0 spiro atoms. The standard InChI is InChI=1S/C35H34ClN3O3/c1-2-11-33(41)37-28-16-10-15-26(21-28)32(40)23-27(20-24-12-4-3-5-13-24)35(42)39-19-9-8-18-31(39)29-22-25-14-6-7-17-30(25)38-34(29)36/h3-10,12-17,21-22,27,31H,2,11,18-20,23H2,1H3,(H,37,41). The number of halogens is 1. The topological polar surface area (TPSA) is 79.4 Å². The highest BCUT2D eigenvalue weighted by Crippen LogP contribution is 2.35. The first-order valence-electron chi connectivity index (χ1n) is 14.4. The van der Waals surface area contributed by atoms with Crippen LogP contribution in [0.5, 0.6) is 0 Å². The van der Waals surface area contributed by atoms with Gasteiger partial charge >= 0.3 is 0 Å². The summed E-state index contributed by atoms with van der Waals surface area (Å²) in [5.41, 5.74) is 3.63. The Hall–Kier alpha value is -4.29. The Morgan fingerprint density at radius 2 is 1.76 bits per heavy atom. The largest absolute Gasteiger partial charge is 0.331 e. The third-order valence-electron chi connectivity index (χ3n) is 7.60. The summed E-state index contributed by atoms with van der Waals surface area (Å²) < 4.78 is 0. The van der Waals surface area contributed by atoms with Crippen molar-refractivity contribution in [3.63, 3.8) is 0 Å². The molecule has 4 aromatic rings. The van der Waals surface area contributed by atoms with Crippen LogP contribution in [0.15, 0.2) is 97.1 Å². The quantitative estimate of drug-likeness (QED) is 0.119. The Kier molecular flexibility index (Phi) is 9.45. The van der Waals surface area contributed by atoms with Gasteiger partial charge in [-0.3, -0.25) is 14.4 Å². The highest BCUT2D eigenvalue weighted by Gasteiger charge is 2.34. The number of benzene rings is 3. The molecule has 214 valence electrons. The number of nitrogens with zero attached hydrogens (tertiary/aromatic N) is 2. The first kappa shape index (κ1) is 29.2. The summed E-state index contributed by atoms with van der Waals surface area (Å²) in [5.74, 6) is -0.923. The summed E-state index contributed by atoms with van der Waals surface area (Å²) in [6.07, 6.45) is 6.27. The molecule has 6 nitrogen and oxygen atoms in total. The van der Waals surface area contributed by atoms with Crippen molar-refractivity contribution in [2.24, 2.45) is 5.92 Å². The maximum atomic E-state index is 14.3. The minimum absolute atomic E-state index is 0.0384. The molecule has 0 radical (unpaired) electrons. The molecular weight excluding hydrogens is 546 g/mol.